The number of carbonyl (C=O) groups excluding carboxylic acids is 1. The summed E-state index contributed by atoms with van der Waals surface area (Å²) in [5.41, 5.74) is 2.88. The number of aryl methyl sites for hydroxylation is 1. The van der Waals surface area contributed by atoms with Crippen molar-refractivity contribution in [1.29, 1.82) is 0 Å². The number of aromatic nitrogens is 2. The second-order valence-corrected chi connectivity index (χ2v) is 7.33. The minimum Gasteiger partial charge on any atom is -0.493 e. The van der Waals surface area contributed by atoms with Gasteiger partial charge in [-0.2, -0.15) is 0 Å². The van der Waals surface area contributed by atoms with Gasteiger partial charge in [0, 0.05) is 42.7 Å². The van der Waals surface area contributed by atoms with Gasteiger partial charge in [-0.1, -0.05) is 0 Å². The number of benzene rings is 1. The van der Waals surface area contributed by atoms with Gasteiger partial charge in [0.1, 0.15) is 0 Å². The molecule has 7 nitrogen and oxygen atoms in total. The maximum atomic E-state index is 12.8. The van der Waals surface area contributed by atoms with E-state index in [4.69, 9.17) is 14.5 Å². The number of carbonyl (C=O) groups is 1. The molecular weight excluding hydrogens is 356 g/mol. The second-order valence-electron chi connectivity index (χ2n) is 7.33. The van der Waals surface area contributed by atoms with Gasteiger partial charge in [0.05, 0.1) is 14.2 Å². The standard InChI is InChI=1S/C21H26N4O3/c1-27-18-8-6-16(12-19(18)28-2)23-20(26)14-5-7-17-15(11-14)13-22-21(24-17)25-9-3-4-10-25/h6,8,12-14H,3-5,7,9-11H2,1-2H3,(H,23,26)/t14-/m0/s1. The molecular formula is C21H26N4O3. The number of amides is 1. The molecule has 0 spiro atoms. The van der Waals surface area contributed by atoms with E-state index in [1.807, 2.05) is 12.3 Å². The summed E-state index contributed by atoms with van der Waals surface area (Å²) in [4.78, 5) is 24.3. The molecule has 2 aromatic rings. The van der Waals surface area contributed by atoms with E-state index in [-0.39, 0.29) is 11.8 Å². The topological polar surface area (TPSA) is 76.6 Å². The molecule has 2 heterocycles. The maximum absolute atomic E-state index is 12.8. The van der Waals surface area contributed by atoms with Gasteiger partial charge in [0.2, 0.25) is 11.9 Å². The predicted molar refractivity (Wildman–Crippen MR) is 107 cm³/mol. The van der Waals surface area contributed by atoms with E-state index < -0.39 is 0 Å². The molecule has 0 bridgehead atoms. The highest BCUT2D eigenvalue weighted by Crippen LogP contribution is 2.31. The van der Waals surface area contributed by atoms with Gasteiger partial charge in [-0.05, 0) is 49.8 Å². The Hall–Kier alpha value is -2.83. The van der Waals surface area contributed by atoms with E-state index in [1.165, 1.54) is 12.8 Å². The Morgan fingerprint density at radius 1 is 1.18 bits per heavy atom. The summed E-state index contributed by atoms with van der Waals surface area (Å²) in [5, 5.41) is 3.00. The average molecular weight is 382 g/mol. The third kappa shape index (κ3) is 3.74. The lowest BCUT2D eigenvalue weighted by atomic mass is 9.86. The molecule has 1 aromatic carbocycles. The summed E-state index contributed by atoms with van der Waals surface area (Å²) in [6.45, 7) is 2.07. The van der Waals surface area contributed by atoms with Crippen LogP contribution in [-0.2, 0) is 17.6 Å². The number of anilines is 2. The number of hydrogen-bond acceptors (Lipinski definition) is 6. The number of methoxy groups -OCH3 is 2. The molecule has 1 aromatic heterocycles. The van der Waals surface area contributed by atoms with Gasteiger partial charge >= 0.3 is 0 Å². The van der Waals surface area contributed by atoms with Gasteiger partial charge < -0.3 is 19.7 Å². The number of rotatable bonds is 5. The molecule has 0 unspecified atom stereocenters. The largest absolute Gasteiger partial charge is 0.493 e. The fourth-order valence-corrected chi connectivity index (χ4v) is 3.95. The first-order valence-electron chi connectivity index (χ1n) is 9.80. The van der Waals surface area contributed by atoms with Crippen LogP contribution in [0.1, 0.15) is 30.5 Å². The Morgan fingerprint density at radius 2 is 1.96 bits per heavy atom. The van der Waals surface area contributed by atoms with Crippen LogP contribution in [0, 0.1) is 5.92 Å². The molecule has 1 fully saturated rings. The van der Waals surface area contributed by atoms with E-state index in [2.05, 4.69) is 15.2 Å². The molecule has 28 heavy (non-hydrogen) atoms. The molecule has 1 aliphatic carbocycles. The number of ether oxygens (including phenoxy) is 2. The number of fused-ring (bicyclic) bond motifs is 1. The van der Waals surface area contributed by atoms with Crippen molar-refractivity contribution in [3.05, 3.63) is 35.7 Å². The Labute approximate surface area is 165 Å². The predicted octanol–water partition coefficient (Wildman–Crippen LogP) is 2.84. The minimum absolute atomic E-state index is 0.0153. The lowest BCUT2D eigenvalue weighted by molar-refractivity contribution is -0.120. The first-order valence-corrected chi connectivity index (χ1v) is 9.80. The molecule has 1 aliphatic heterocycles. The van der Waals surface area contributed by atoms with Crippen molar-refractivity contribution < 1.29 is 14.3 Å². The summed E-state index contributed by atoms with van der Waals surface area (Å²) >= 11 is 0. The van der Waals surface area contributed by atoms with Crippen LogP contribution in [0.2, 0.25) is 0 Å². The molecule has 0 radical (unpaired) electrons. The van der Waals surface area contributed by atoms with Crippen molar-refractivity contribution in [1.82, 2.24) is 9.97 Å². The third-order valence-electron chi connectivity index (χ3n) is 5.55. The van der Waals surface area contributed by atoms with Crippen LogP contribution in [0.15, 0.2) is 24.4 Å². The number of nitrogens with zero attached hydrogens (tertiary/aromatic N) is 3. The summed E-state index contributed by atoms with van der Waals surface area (Å²) < 4.78 is 10.5. The van der Waals surface area contributed by atoms with Crippen molar-refractivity contribution in [2.24, 2.45) is 5.92 Å². The normalized spacial score (nSPS) is 18.5. The van der Waals surface area contributed by atoms with Crippen LogP contribution in [0.3, 0.4) is 0 Å². The summed E-state index contributed by atoms with van der Waals surface area (Å²) in [5.74, 6) is 2.00. The zero-order valence-corrected chi connectivity index (χ0v) is 16.4. The van der Waals surface area contributed by atoms with Crippen molar-refractivity contribution in [3.8, 4) is 11.5 Å². The van der Waals surface area contributed by atoms with Crippen molar-refractivity contribution in [2.45, 2.75) is 32.1 Å². The van der Waals surface area contributed by atoms with Crippen LogP contribution < -0.4 is 19.7 Å². The fourth-order valence-electron chi connectivity index (χ4n) is 3.95. The highest BCUT2D eigenvalue weighted by molar-refractivity contribution is 5.93. The fraction of sp³-hybridized carbons (Fsp3) is 0.476. The van der Waals surface area contributed by atoms with Crippen LogP contribution in [-0.4, -0.2) is 43.2 Å². The molecule has 1 N–H and O–H groups in total. The van der Waals surface area contributed by atoms with Crippen LogP contribution in [0.25, 0.3) is 0 Å². The summed E-state index contributed by atoms with van der Waals surface area (Å²) in [6.07, 6.45) is 6.60. The van der Waals surface area contributed by atoms with E-state index in [9.17, 15) is 4.79 Å². The molecule has 1 atom stereocenters. The lowest BCUT2D eigenvalue weighted by Gasteiger charge is -2.24. The zero-order valence-electron chi connectivity index (χ0n) is 16.4. The van der Waals surface area contributed by atoms with E-state index in [0.29, 0.717) is 23.6 Å². The maximum Gasteiger partial charge on any atom is 0.227 e. The Balaban J connectivity index is 1.43. The van der Waals surface area contributed by atoms with Crippen molar-refractivity contribution in [2.75, 3.05) is 37.5 Å². The van der Waals surface area contributed by atoms with Crippen LogP contribution >= 0.6 is 0 Å². The van der Waals surface area contributed by atoms with Gasteiger partial charge in [-0.3, -0.25) is 4.79 Å². The SMILES string of the molecule is COc1ccc(NC(=O)[C@H]2CCc3nc(N4CCCC4)ncc3C2)cc1OC. The van der Waals surface area contributed by atoms with E-state index >= 15 is 0 Å². The first kappa shape index (κ1) is 18.5. The highest BCUT2D eigenvalue weighted by atomic mass is 16.5. The third-order valence-corrected chi connectivity index (χ3v) is 5.55. The molecule has 1 amide bonds. The Morgan fingerprint density at radius 3 is 2.71 bits per heavy atom. The lowest BCUT2D eigenvalue weighted by Crippen LogP contribution is -2.29. The van der Waals surface area contributed by atoms with Crippen molar-refractivity contribution >= 4 is 17.5 Å². The smallest absolute Gasteiger partial charge is 0.227 e. The van der Waals surface area contributed by atoms with E-state index in [0.717, 1.165) is 43.1 Å². The number of hydrogen-bond donors (Lipinski definition) is 1. The average Bonchev–Trinajstić information content (AvgIpc) is 3.27. The molecule has 1 saturated heterocycles. The van der Waals surface area contributed by atoms with Crippen LogP contribution in [0.5, 0.6) is 11.5 Å². The first-order chi connectivity index (χ1) is 13.7. The van der Waals surface area contributed by atoms with Gasteiger partial charge in [0.15, 0.2) is 11.5 Å². The molecule has 0 saturated carbocycles. The monoisotopic (exact) mass is 382 g/mol. The van der Waals surface area contributed by atoms with Gasteiger partial charge in [0.25, 0.3) is 0 Å². The van der Waals surface area contributed by atoms with Gasteiger partial charge in [-0.15, -0.1) is 0 Å². The summed E-state index contributed by atoms with van der Waals surface area (Å²) in [7, 11) is 3.17. The summed E-state index contributed by atoms with van der Waals surface area (Å²) in [6, 6.07) is 5.39. The van der Waals surface area contributed by atoms with E-state index in [1.54, 1.807) is 26.4 Å². The minimum atomic E-state index is -0.0816. The highest BCUT2D eigenvalue weighted by Gasteiger charge is 2.27. The molecule has 148 valence electrons. The number of nitrogens with one attached hydrogen (secondary N) is 1. The zero-order chi connectivity index (χ0) is 19.5. The molecule has 7 heteroatoms. The Kier molecular flexibility index (Phi) is 5.32. The quantitative estimate of drug-likeness (QED) is 0.857. The second kappa shape index (κ2) is 8.04. The van der Waals surface area contributed by atoms with Crippen molar-refractivity contribution in [3.63, 3.8) is 0 Å². The molecule has 2 aliphatic rings. The molecule has 4 rings (SSSR count). The Bertz CT molecular complexity index is 865. The van der Waals surface area contributed by atoms with Crippen LogP contribution in [0.4, 0.5) is 11.6 Å². The van der Waals surface area contributed by atoms with Gasteiger partial charge in [-0.25, -0.2) is 9.97 Å².